The number of phenols is 2. The largest absolute Gasteiger partial charge is 0.508 e. The molecule has 12 N–H and O–H groups in total. The zero-order valence-electron chi connectivity index (χ0n) is 36.2. The lowest BCUT2D eigenvalue weighted by Crippen LogP contribution is -2.58. The monoisotopic (exact) mass is 965 g/mol. The molecule has 1 heterocycles. The summed E-state index contributed by atoms with van der Waals surface area (Å²) in [5, 5.41) is 46.2. The second-order valence-electron chi connectivity index (χ2n) is 15.5. The molecule has 0 spiro atoms. The van der Waals surface area contributed by atoms with Crippen LogP contribution in [0.15, 0.2) is 78.9 Å². The predicted molar refractivity (Wildman–Crippen MR) is 249 cm³/mol. The van der Waals surface area contributed by atoms with Crippen LogP contribution in [0.4, 0.5) is 0 Å². The minimum atomic E-state index is -1.38. The van der Waals surface area contributed by atoms with Crippen LogP contribution < -0.4 is 43.0 Å². The zero-order valence-corrected chi connectivity index (χ0v) is 38.0. The number of likely N-dealkylation sites (tertiary alicyclic amines) is 1. The van der Waals surface area contributed by atoms with E-state index in [4.69, 9.17) is 5.73 Å². The number of aromatic hydroxyl groups is 2. The van der Waals surface area contributed by atoms with Gasteiger partial charge in [0.05, 0.1) is 25.7 Å². The molecule has 1 aliphatic rings. The van der Waals surface area contributed by atoms with Crippen LogP contribution in [-0.4, -0.2) is 147 Å². The third kappa shape index (κ3) is 17.1. The fraction of sp³-hybridized carbons (Fsp3) is 0.386. The van der Waals surface area contributed by atoms with Crippen LogP contribution in [0, 0.1) is 0 Å². The molecule has 23 heteroatoms. The highest BCUT2D eigenvalue weighted by atomic mass is 32.1. The van der Waals surface area contributed by atoms with E-state index in [-0.39, 0.29) is 55.2 Å². The molecule has 8 amide bonds. The molecule has 4 rings (SSSR count). The molecule has 0 bridgehead atoms. The van der Waals surface area contributed by atoms with Gasteiger partial charge in [-0.1, -0.05) is 54.6 Å². The minimum absolute atomic E-state index is 0.0259. The lowest BCUT2D eigenvalue weighted by Gasteiger charge is -2.30. The number of rotatable bonds is 24. The van der Waals surface area contributed by atoms with Gasteiger partial charge in [-0.2, -0.15) is 25.3 Å². The maximum absolute atomic E-state index is 14.2. The van der Waals surface area contributed by atoms with Crippen LogP contribution in [0.1, 0.15) is 29.5 Å². The van der Waals surface area contributed by atoms with Gasteiger partial charge in [0.25, 0.3) is 0 Å². The van der Waals surface area contributed by atoms with Gasteiger partial charge in [-0.05, 0) is 53.8 Å². The van der Waals surface area contributed by atoms with Crippen molar-refractivity contribution in [2.75, 3.05) is 37.7 Å². The Morgan fingerprint density at radius 2 is 1.09 bits per heavy atom. The van der Waals surface area contributed by atoms with E-state index in [0.717, 1.165) is 0 Å². The Balaban J connectivity index is 1.37. The summed E-state index contributed by atoms with van der Waals surface area (Å²) in [6.07, 6.45) is 0.456. The highest BCUT2D eigenvalue weighted by molar-refractivity contribution is 7.80. The van der Waals surface area contributed by atoms with Crippen molar-refractivity contribution in [2.24, 2.45) is 5.73 Å². The van der Waals surface area contributed by atoms with E-state index in [1.165, 1.54) is 53.4 Å². The summed E-state index contributed by atoms with van der Waals surface area (Å²) >= 11 is 8.07. The van der Waals surface area contributed by atoms with E-state index in [1.54, 1.807) is 30.3 Å². The van der Waals surface area contributed by atoms with E-state index in [2.05, 4.69) is 62.5 Å². The van der Waals surface area contributed by atoms with Crippen molar-refractivity contribution in [1.29, 1.82) is 0 Å². The fourth-order valence-electron chi connectivity index (χ4n) is 6.84. The second-order valence-corrected chi connectivity index (χ2v) is 16.2. The molecule has 0 aliphatic carbocycles. The van der Waals surface area contributed by atoms with E-state index < -0.39 is 109 Å². The quantitative estimate of drug-likeness (QED) is 0.0420. The lowest BCUT2D eigenvalue weighted by atomic mass is 10.0. The number of carbonyl (C=O) groups excluding carboxylic acids is 8. The Morgan fingerprint density at radius 3 is 1.66 bits per heavy atom. The van der Waals surface area contributed by atoms with Crippen molar-refractivity contribution >= 4 is 78.5 Å². The molecule has 3 aromatic rings. The van der Waals surface area contributed by atoms with Crippen LogP contribution in [-0.2, 0) is 62.4 Å². The van der Waals surface area contributed by atoms with Gasteiger partial charge in [0.2, 0.25) is 47.3 Å². The van der Waals surface area contributed by atoms with Crippen LogP contribution in [0.2, 0.25) is 0 Å². The van der Waals surface area contributed by atoms with Crippen molar-refractivity contribution in [1.82, 2.24) is 42.1 Å². The van der Waals surface area contributed by atoms with E-state index in [1.807, 2.05) is 0 Å². The van der Waals surface area contributed by atoms with Crippen molar-refractivity contribution in [2.45, 2.75) is 68.4 Å². The highest BCUT2D eigenvalue weighted by Crippen LogP contribution is 2.21. The predicted octanol–water partition coefficient (Wildman–Crippen LogP) is -2.32. The maximum atomic E-state index is 14.2. The smallest absolute Gasteiger partial charge is 0.326 e. The van der Waals surface area contributed by atoms with E-state index >= 15 is 0 Å². The number of carboxylic acid groups (broad SMARTS) is 1. The molecule has 3 aromatic carbocycles. The van der Waals surface area contributed by atoms with Gasteiger partial charge in [-0.25, -0.2) is 4.79 Å². The first-order valence-electron chi connectivity index (χ1n) is 21.1. The number of aliphatic carboxylic acids is 1. The van der Waals surface area contributed by atoms with Gasteiger partial charge in [0.15, 0.2) is 0 Å². The number of carboxylic acids is 1. The first kappa shape index (κ1) is 52.8. The third-order valence-electron chi connectivity index (χ3n) is 10.4. The topological polar surface area (TPSA) is 328 Å². The number of phenolic OH excluding ortho intramolecular Hbond substituents is 2. The van der Waals surface area contributed by atoms with Gasteiger partial charge in [-0.3, -0.25) is 38.4 Å². The number of thiol groups is 2. The molecule has 21 nitrogen and oxygen atoms in total. The first-order valence-corrected chi connectivity index (χ1v) is 22.4. The Morgan fingerprint density at radius 1 is 0.582 bits per heavy atom. The molecule has 1 aliphatic heterocycles. The first-order chi connectivity index (χ1) is 32.0. The summed E-state index contributed by atoms with van der Waals surface area (Å²) in [4.78, 5) is 119. The minimum Gasteiger partial charge on any atom is -0.508 e. The Bertz CT molecular complexity index is 2220. The molecule has 0 aromatic heterocycles. The maximum Gasteiger partial charge on any atom is 0.326 e. The van der Waals surface area contributed by atoms with Crippen molar-refractivity contribution in [3.8, 4) is 11.5 Å². The molecule has 67 heavy (non-hydrogen) atoms. The van der Waals surface area contributed by atoms with Crippen LogP contribution in [0.3, 0.4) is 0 Å². The van der Waals surface area contributed by atoms with Gasteiger partial charge in [0.1, 0.15) is 41.7 Å². The number of nitrogens with zero attached hydrogens (tertiary/aromatic N) is 1. The molecule has 0 saturated carbocycles. The number of nitrogens with two attached hydrogens (primary N) is 1. The van der Waals surface area contributed by atoms with Crippen LogP contribution in [0.5, 0.6) is 11.5 Å². The van der Waals surface area contributed by atoms with E-state index in [0.29, 0.717) is 23.1 Å². The molecule has 0 unspecified atom stereocenters. The number of nitrogens with one attached hydrogen (secondary N) is 7. The normalized spacial score (nSPS) is 15.3. The van der Waals surface area contributed by atoms with Crippen molar-refractivity contribution < 1.29 is 58.5 Å². The third-order valence-corrected chi connectivity index (χ3v) is 11.2. The number of amides is 8. The summed E-state index contributed by atoms with van der Waals surface area (Å²) < 4.78 is 0. The molecular weight excluding hydrogens is 911 g/mol. The molecule has 0 radical (unpaired) electrons. The number of hydrogen-bond acceptors (Lipinski definition) is 14. The Hall–Kier alpha value is -6.85. The molecular formula is C44H55N9O12S2. The standard InChI is InChI=1S/C44H55N9O12S2/c45-30(23-66)39(59)47-22-38(58)49-32(18-25-5-2-1-3-6-25)43(63)53-16-4-7-35(53)42(62)51-31(17-26-8-12-28(54)13-9-26)40(60)48-20-36(56)46-21-37(57)50-34(24-67)41(61)52-33(44(64)65)19-27-10-14-29(55)15-11-27/h1-3,5-6,8-15,30-35,54-55,66-67H,4,7,16-24,45H2,(H,46,56)(H,47,59)(H,48,60)(H,49,58)(H,50,57)(H,51,62)(H,52,61)(H,64,65)/t30-,31-,32-,33-,34-,35-/m0/s1. The van der Waals surface area contributed by atoms with Gasteiger partial charge in [0, 0.05) is 37.3 Å². The summed E-state index contributed by atoms with van der Waals surface area (Å²) in [6.45, 7) is -1.63. The highest BCUT2D eigenvalue weighted by Gasteiger charge is 2.39. The molecule has 360 valence electrons. The number of benzene rings is 3. The Labute approximate surface area is 396 Å². The zero-order chi connectivity index (χ0) is 49.0. The summed E-state index contributed by atoms with van der Waals surface area (Å²) in [7, 11) is 0. The van der Waals surface area contributed by atoms with Gasteiger partial charge < -0.3 is 63.2 Å². The Kier molecular flexibility index (Phi) is 20.7. The van der Waals surface area contributed by atoms with Crippen molar-refractivity contribution in [3.05, 3.63) is 95.6 Å². The van der Waals surface area contributed by atoms with Crippen LogP contribution in [0.25, 0.3) is 0 Å². The number of carbonyl (C=O) groups is 9. The SMILES string of the molecule is N[C@@H](CS)C(=O)NCC(=O)N[C@@H](Cc1ccccc1)C(=O)N1CCC[C@H]1C(=O)N[C@@H](Cc1ccc(O)cc1)C(=O)NCC(=O)NCC(=O)N[C@@H](CS)C(=O)N[C@@H](Cc1ccc(O)cc1)C(=O)O. The summed E-state index contributed by atoms with van der Waals surface area (Å²) in [5.74, 6) is -7.49. The summed E-state index contributed by atoms with van der Waals surface area (Å²) in [6, 6.07) is 13.2. The second kappa shape index (κ2) is 26.3. The van der Waals surface area contributed by atoms with Gasteiger partial charge >= 0.3 is 5.97 Å². The molecule has 6 atom stereocenters. The average Bonchev–Trinajstić information content (AvgIpc) is 3.82. The summed E-state index contributed by atoms with van der Waals surface area (Å²) in [5.41, 5.74) is 7.42. The average molecular weight is 966 g/mol. The lowest BCUT2D eigenvalue weighted by molar-refractivity contribution is -0.142. The van der Waals surface area contributed by atoms with Crippen LogP contribution >= 0.6 is 25.3 Å². The number of hydrogen-bond donors (Lipinski definition) is 13. The van der Waals surface area contributed by atoms with E-state index in [9.17, 15) is 58.5 Å². The van der Waals surface area contributed by atoms with Gasteiger partial charge in [-0.15, -0.1) is 0 Å². The van der Waals surface area contributed by atoms with Crippen molar-refractivity contribution in [3.63, 3.8) is 0 Å². The fourth-order valence-corrected chi connectivity index (χ4v) is 7.26. The molecule has 1 fully saturated rings. The molecule has 1 saturated heterocycles.